The van der Waals surface area contributed by atoms with Crippen LogP contribution in [0, 0.1) is 0 Å². The van der Waals surface area contributed by atoms with E-state index >= 15 is 0 Å². The fourth-order valence-electron chi connectivity index (χ4n) is 5.98. The summed E-state index contributed by atoms with van der Waals surface area (Å²) < 4.78 is 5.39. The van der Waals surface area contributed by atoms with E-state index in [-0.39, 0.29) is 64.1 Å². The van der Waals surface area contributed by atoms with Crippen molar-refractivity contribution in [1.29, 1.82) is 0 Å². The van der Waals surface area contributed by atoms with E-state index in [1.54, 1.807) is 30.3 Å². The van der Waals surface area contributed by atoms with E-state index in [0.29, 0.717) is 5.56 Å². The average molecular weight is 793 g/mol. The monoisotopic (exact) mass is 792 g/mol. The molecule has 2 aliphatic heterocycles. The number of aliphatic hydroxyl groups excluding tert-OH is 3. The van der Waals surface area contributed by atoms with E-state index in [1.807, 2.05) is 0 Å². The third-order valence-corrected chi connectivity index (χ3v) is 9.00. The highest BCUT2D eigenvalue weighted by Gasteiger charge is 2.46. The maximum atomic E-state index is 13.9. The van der Waals surface area contributed by atoms with Crippen LogP contribution in [0.5, 0.6) is 0 Å². The minimum Gasteiger partial charge on any atom is -0.481 e. The van der Waals surface area contributed by atoms with E-state index in [4.69, 9.17) is 21.9 Å². The Morgan fingerprint density at radius 1 is 0.786 bits per heavy atom. The van der Waals surface area contributed by atoms with Crippen molar-refractivity contribution in [2.45, 2.75) is 99.6 Å². The van der Waals surface area contributed by atoms with E-state index in [9.17, 15) is 54.0 Å². The van der Waals surface area contributed by atoms with Gasteiger partial charge in [-0.1, -0.05) is 30.3 Å². The van der Waals surface area contributed by atoms with Crippen LogP contribution in [0.15, 0.2) is 35.3 Å². The number of amides is 6. The highest BCUT2D eigenvalue weighted by Crippen LogP contribution is 2.21. The third kappa shape index (κ3) is 14.0. The van der Waals surface area contributed by atoms with Gasteiger partial charge in [0.2, 0.25) is 29.5 Å². The number of nitrogens with one attached hydrogen (secondary N) is 6. The number of carboxylic acids is 1. The molecule has 1 aromatic rings. The molecule has 2 heterocycles. The molecule has 0 spiro atoms. The molecular formula is C34H52N10O12. The SMILES string of the molecule is NC[C@@H]1O[C@@H](C(=O)NCCCC[C@@H]2NC(=O)[C@@H](Cc3ccccc3)NC(=O)[C@@H](CC(=O)O)NC(=O)CNC(=O)[C@H](CCCN=C(N)N)NC2=O)[C@H](O)[C@H](O)[C@H]1O. The van der Waals surface area contributed by atoms with Crippen molar-refractivity contribution in [1.82, 2.24) is 31.9 Å². The molecule has 2 fully saturated rings. The standard InChI is InChI=1S/C34H52N10O12/c35-15-22-25(48)26(49)27(50)28(56-22)33(55)38-11-5-4-9-19-30(52)42-18(10-6-12-39-34(36)37)29(51)40-16-23(45)41-21(14-24(46)47)32(54)44-20(31(53)43-19)13-17-7-2-1-3-8-17/h1-3,7-8,18-22,25-28,48-50H,4-6,9-16,35H2,(H,38,55)(H,40,51)(H,41,45)(H,42,52)(H,43,53)(H,44,54)(H,46,47)(H4,36,37,39)/t18-,19-,20+,21+,22-,25-,26+,27+,28+/m0/s1. The normalized spacial score (nSPS) is 27.9. The molecule has 0 aromatic heterocycles. The number of nitrogens with zero attached hydrogens (tertiary/aromatic N) is 1. The molecule has 310 valence electrons. The second kappa shape index (κ2) is 22.2. The first-order valence-electron chi connectivity index (χ1n) is 18.1. The molecule has 1 aromatic carbocycles. The van der Waals surface area contributed by atoms with Crippen molar-refractivity contribution in [3.8, 4) is 0 Å². The Hall–Kier alpha value is -5.42. The van der Waals surface area contributed by atoms with E-state index in [2.05, 4.69) is 36.9 Å². The van der Waals surface area contributed by atoms with Crippen LogP contribution in [0.3, 0.4) is 0 Å². The molecule has 2 saturated heterocycles. The Morgan fingerprint density at radius 2 is 1.39 bits per heavy atom. The van der Waals surface area contributed by atoms with Gasteiger partial charge in [0.15, 0.2) is 12.1 Å². The molecule has 22 heteroatoms. The van der Waals surface area contributed by atoms with Crippen molar-refractivity contribution >= 4 is 47.4 Å². The fourth-order valence-corrected chi connectivity index (χ4v) is 5.98. The number of aliphatic hydroxyl groups is 3. The first kappa shape index (κ1) is 45.0. The maximum Gasteiger partial charge on any atom is 0.305 e. The van der Waals surface area contributed by atoms with Crippen LogP contribution in [0.4, 0.5) is 0 Å². The summed E-state index contributed by atoms with van der Waals surface area (Å²) in [7, 11) is 0. The van der Waals surface area contributed by atoms with Crippen molar-refractivity contribution < 1.29 is 58.7 Å². The lowest BCUT2D eigenvalue weighted by Gasteiger charge is -2.39. The van der Waals surface area contributed by atoms with Gasteiger partial charge in [-0.2, -0.15) is 0 Å². The zero-order chi connectivity index (χ0) is 41.4. The zero-order valence-electron chi connectivity index (χ0n) is 30.6. The Morgan fingerprint density at radius 3 is 2.04 bits per heavy atom. The van der Waals surface area contributed by atoms with E-state index < -0.39 is 109 Å². The Bertz CT molecular complexity index is 1560. The molecule has 2 aliphatic rings. The molecule has 16 N–H and O–H groups in total. The molecule has 0 aliphatic carbocycles. The molecule has 3 rings (SSSR count). The lowest BCUT2D eigenvalue weighted by Crippen LogP contribution is -2.62. The number of guanidine groups is 1. The number of rotatable bonds is 15. The van der Waals surface area contributed by atoms with Crippen molar-refractivity contribution in [2.75, 3.05) is 26.2 Å². The van der Waals surface area contributed by atoms with E-state index in [0.717, 1.165) is 0 Å². The summed E-state index contributed by atoms with van der Waals surface area (Å²) in [4.78, 5) is 95.4. The van der Waals surface area contributed by atoms with Gasteiger partial charge in [-0.25, -0.2) is 0 Å². The summed E-state index contributed by atoms with van der Waals surface area (Å²) in [6.45, 7) is -0.822. The van der Waals surface area contributed by atoms with Gasteiger partial charge in [0.05, 0.1) is 19.1 Å². The number of hydrogen-bond acceptors (Lipinski definition) is 13. The van der Waals surface area contributed by atoms with Crippen molar-refractivity contribution in [3.63, 3.8) is 0 Å². The molecule has 0 saturated carbocycles. The Kier molecular flexibility index (Phi) is 17.8. The molecule has 9 atom stereocenters. The van der Waals surface area contributed by atoms with Gasteiger partial charge < -0.3 is 74.3 Å². The van der Waals surface area contributed by atoms with Crippen LogP contribution in [-0.4, -0.2) is 149 Å². The predicted molar refractivity (Wildman–Crippen MR) is 196 cm³/mol. The Labute approximate surface area is 321 Å². The van der Waals surface area contributed by atoms with Crippen molar-refractivity contribution in [3.05, 3.63) is 35.9 Å². The zero-order valence-corrected chi connectivity index (χ0v) is 30.6. The second-order valence-corrected chi connectivity index (χ2v) is 13.3. The summed E-state index contributed by atoms with van der Waals surface area (Å²) in [5, 5.41) is 54.8. The second-order valence-electron chi connectivity index (χ2n) is 13.3. The van der Waals surface area contributed by atoms with Crippen LogP contribution in [0.25, 0.3) is 0 Å². The number of hydrogen-bond donors (Lipinski definition) is 13. The first-order valence-corrected chi connectivity index (χ1v) is 18.1. The van der Waals surface area contributed by atoms with Gasteiger partial charge in [-0.05, 0) is 37.7 Å². The number of ether oxygens (including phenoxy) is 1. The predicted octanol–water partition coefficient (Wildman–Crippen LogP) is -6.08. The topological polar surface area (TPSA) is 372 Å². The molecular weight excluding hydrogens is 740 g/mol. The summed E-state index contributed by atoms with van der Waals surface area (Å²) in [5.41, 5.74) is 16.9. The van der Waals surface area contributed by atoms with E-state index in [1.165, 1.54) is 0 Å². The third-order valence-electron chi connectivity index (χ3n) is 9.00. The molecule has 0 bridgehead atoms. The molecule has 0 unspecified atom stereocenters. The Balaban J connectivity index is 1.84. The van der Waals surface area contributed by atoms with Gasteiger partial charge in [0.1, 0.15) is 42.5 Å². The molecule has 22 nitrogen and oxygen atoms in total. The number of unbranched alkanes of at least 4 members (excludes halogenated alkanes) is 1. The van der Waals surface area contributed by atoms with Crippen LogP contribution in [-0.2, 0) is 44.7 Å². The number of aliphatic carboxylic acids is 1. The van der Waals surface area contributed by atoms with Gasteiger partial charge in [-0.3, -0.25) is 38.6 Å². The van der Waals surface area contributed by atoms with Crippen LogP contribution < -0.4 is 49.1 Å². The number of carbonyl (C=O) groups is 7. The van der Waals surface area contributed by atoms with Gasteiger partial charge in [0, 0.05) is 26.1 Å². The van der Waals surface area contributed by atoms with Gasteiger partial charge in [0.25, 0.3) is 5.91 Å². The number of nitrogens with two attached hydrogens (primary N) is 3. The average Bonchev–Trinajstić information content (AvgIpc) is 3.15. The molecule has 56 heavy (non-hydrogen) atoms. The minimum atomic E-state index is -1.73. The maximum absolute atomic E-state index is 13.9. The van der Waals surface area contributed by atoms with Crippen LogP contribution in [0.2, 0.25) is 0 Å². The summed E-state index contributed by atoms with van der Waals surface area (Å²) in [6.07, 6.45) is -7.92. The highest BCUT2D eigenvalue weighted by atomic mass is 16.5. The van der Waals surface area contributed by atoms with Gasteiger partial charge >= 0.3 is 5.97 Å². The number of carboxylic acid groups (broad SMARTS) is 1. The van der Waals surface area contributed by atoms with Crippen LogP contribution in [0.1, 0.15) is 44.1 Å². The lowest BCUT2D eigenvalue weighted by molar-refractivity contribution is -0.217. The molecule has 6 amide bonds. The minimum absolute atomic E-state index is 0.00581. The van der Waals surface area contributed by atoms with Crippen LogP contribution >= 0.6 is 0 Å². The quantitative estimate of drug-likeness (QED) is 0.0447. The van der Waals surface area contributed by atoms with Crippen molar-refractivity contribution in [2.24, 2.45) is 22.2 Å². The lowest BCUT2D eigenvalue weighted by atomic mass is 9.94. The largest absolute Gasteiger partial charge is 0.481 e. The summed E-state index contributed by atoms with van der Waals surface area (Å²) >= 11 is 0. The summed E-state index contributed by atoms with van der Waals surface area (Å²) in [5.74, 6) is -6.75. The fraction of sp³-hybridized carbons (Fsp3) is 0.588. The molecule has 0 radical (unpaired) electrons. The van der Waals surface area contributed by atoms with Gasteiger partial charge in [-0.15, -0.1) is 0 Å². The smallest absolute Gasteiger partial charge is 0.305 e. The number of carbonyl (C=O) groups excluding carboxylic acids is 6. The summed E-state index contributed by atoms with van der Waals surface area (Å²) in [6, 6.07) is 2.94. The first-order chi connectivity index (χ1) is 26.6. The highest BCUT2D eigenvalue weighted by molar-refractivity contribution is 5.98. The number of benzene rings is 1. The number of aliphatic imine (C=N–C) groups is 1.